The van der Waals surface area contributed by atoms with Crippen LogP contribution in [0.2, 0.25) is 5.15 Å². The first-order valence-corrected chi connectivity index (χ1v) is 5.77. The molecule has 0 aliphatic rings. The van der Waals surface area contributed by atoms with Gasteiger partial charge in [0.2, 0.25) is 0 Å². The SMILES string of the molecule is Cc1nn(C)c(Cl)c1Cn1cc(C(=O)C(F)(F)F)nn1. The second-order valence-corrected chi connectivity index (χ2v) is 4.46. The quantitative estimate of drug-likeness (QED) is 0.811. The zero-order chi connectivity index (χ0) is 15.1. The number of halogens is 4. The summed E-state index contributed by atoms with van der Waals surface area (Å²) in [6, 6.07) is 0. The zero-order valence-corrected chi connectivity index (χ0v) is 11.2. The lowest BCUT2D eigenvalue weighted by molar-refractivity contribution is -0.0888. The fourth-order valence-corrected chi connectivity index (χ4v) is 1.87. The van der Waals surface area contributed by atoms with Crippen molar-refractivity contribution in [1.82, 2.24) is 24.8 Å². The summed E-state index contributed by atoms with van der Waals surface area (Å²) in [5, 5.41) is 11.1. The molecule has 0 saturated heterocycles. The smallest absolute Gasteiger partial charge is 0.282 e. The normalized spacial score (nSPS) is 11.9. The van der Waals surface area contributed by atoms with Crippen LogP contribution in [0.25, 0.3) is 0 Å². The van der Waals surface area contributed by atoms with Crippen molar-refractivity contribution >= 4 is 17.4 Å². The van der Waals surface area contributed by atoms with E-state index >= 15 is 0 Å². The highest BCUT2D eigenvalue weighted by Gasteiger charge is 2.41. The van der Waals surface area contributed by atoms with Gasteiger partial charge >= 0.3 is 6.18 Å². The average molecular weight is 308 g/mol. The molecule has 0 saturated carbocycles. The van der Waals surface area contributed by atoms with Crippen LogP contribution in [0.3, 0.4) is 0 Å². The Bertz CT molecular complexity index is 660. The fraction of sp³-hybridized carbons (Fsp3) is 0.400. The molecule has 6 nitrogen and oxygen atoms in total. The predicted octanol–water partition coefficient (Wildman–Crippen LogP) is 1.77. The van der Waals surface area contributed by atoms with Crippen LogP contribution in [-0.2, 0) is 13.6 Å². The number of aromatic nitrogens is 5. The highest BCUT2D eigenvalue weighted by atomic mass is 35.5. The molecule has 20 heavy (non-hydrogen) atoms. The molecule has 2 aromatic rings. The Morgan fingerprint density at radius 3 is 2.60 bits per heavy atom. The highest BCUT2D eigenvalue weighted by molar-refractivity contribution is 6.30. The Balaban J connectivity index is 2.24. The summed E-state index contributed by atoms with van der Waals surface area (Å²) in [6.07, 6.45) is -4.04. The number of Topliss-reactive ketones (excluding diaryl/α,β-unsaturated/α-hetero) is 1. The summed E-state index contributed by atoms with van der Waals surface area (Å²) < 4.78 is 39.3. The molecular formula is C10H9ClF3N5O. The van der Waals surface area contributed by atoms with E-state index in [9.17, 15) is 18.0 Å². The molecule has 10 heteroatoms. The van der Waals surface area contributed by atoms with Gasteiger partial charge in [-0.15, -0.1) is 5.10 Å². The van der Waals surface area contributed by atoms with Gasteiger partial charge in [-0.05, 0) is 6.92 Å². The molecule has 2 rings (SSSR count). The van der Waals surface area contributed by atoms with E-state index in [1.807, 2.05) is 0 Å². The molecule has 0 amide bonds. The maximum Gasteiger partial charge on any atom is 0.456 e. The fourth-order valence-electron chi connectivity index (χ4n) is 1.64. The molecule has 0 radical (unpaired) electrons. The van der Waals surface area contributed by atoms with E-state index < -0.39 is 17.7 Å². The predicted molar refractivity (Wildman–Crippen MR) is 62.5 cm³/mol. The van der Waals surface area contributed by atoms with Gasteiger partial charge in [-0.25, -0.2) is 4.68 Å². The van der Waals surface area contributed by atoms with E-state index in [0.29, 0.717) is 16.4 Å². The van der Waals surface area contributed by atoms with Crippen molar-refractivity contribution in [3.05, 3.63) is 28.3 Å². The van der Waals surface area contributed by atoms with Gasteiger partial charge in [-0.2, -0.15) is 18.3 Å². The van der Waals surface area contributed by atoms with Crippen molar-refractivity contribution in [3.63, 3.8) is 0 Å². The second kappa shape index (κ2) is 4.89. The zero-order valence-electron chi connectivity index (χ0n) is 10.4. The summed E-state index contributed by atoms with van der Waals surface area (Å²) in [5.74, 6) is -2.03. The Hall–Kier alpha value is -1.90. The van der Waals surface area contributed by atoms with Gasteiger partial charge in [0.15, 0.2) is 5.69 Å². The van der Waals surface area contributed by atoms with E-state index in [1.54, 1.807) is 14.0 Å². The van der Waals surface area contributed by atoms with Gasteiger partial charge in [0.05, 0.1) is 18.4 Å². The molecule has 2 heterocycles. The summed E-state index contributed by atoms with van der Waals surface area (Å²) in [4.78, 5) is 11.0. The van der Waals surface area contributed by atoms with Gasteiger partial charge in [0, 0.05) is 12.6 Å². The van der Waals surface area contributed by atoms with E-state index in [1.165, 1.54) is 4.68 Å². The molecule has 0 aromatic carbocycles. The van der Waals surface area contributed by atoms with Crippen molar-refractivity contribution in [1.29, 1.82) is 0 Å². The molecule has 0 bridgehead atoms. The van der Waals surface area contributed by atoms with Gasteiger partial charge < -0.3 is 0 Å². The third-order valence-corrected chi connectivity index (χ3v) is 3.09. The van der Waals surface area contributed by atoms with Crippen LogP contribution in [0.5, 0.6) is 0 Å². The summed E-state index contributed by atoms with van der Waals surface area (Å²) in [7, 11) is 1.64. The summed E-state index contributed by atoms with van der Waals surface area (Å²) >= 11 is 6.00. The first kappa shape index (κ1) is 14.5. The Labute approximate surface area is 116 Å². The Morgan fingerprint density at radius 2 is 2.10 bits per heavy atom. The van der Waals surface area contributed by atoms with Gasteiger partial charge in [-0.1, -0.05) is 16.8 Å². The molecular weight excluding hydrogens is 299 g/mol. The Morgan fingerprint density at radius 1 is 1.45 bits per heavy atom. The van der Waals surface area contributed by atoms with Crippen LogP contribution in [0.4, 0.5) is 13.2 Å². The van der Waals surface area contributed by atoms with Crippen molar-refractivity contribution in [2.24, 2.45) is 7.05 Å². The van der Waals surface area contributed by atoms with Crippen molar-refractivity contribution < 1.29 is 18.0 Å². The number of hydrogen-bond acceptors (Lipinski definition) is 4. The molecule has 0 aliphatic carbocycles. The number of nitrogens with zero attached hydrogens (tertiary/aromatic N) is 5. The minimum absolute atomic E-state index is 0.0800. The lowest BCUT2D eigenvalue weighted by Gasteiger charge is -2.01. The largest absolute Gasteiger partial charge is 0.456 e. The minimum Gasteiger partial charge on any atom is -0.282 e. The van der Waals surface area contributed by atoms with E-state index in [0.717, 1.165) is 10.9 Å². The van der Waals surface area contributed by atoms with Crippen molar-refractivity contribution in [2.45, 2.75) is 19.6 Å². The third-order valence-electron chi connectivity index (χ3n) is 2.62. The molecule has 0 atom stereocenters. The maximum absolute atomic E-state index is 12.2. The lowest BCUT2D eigenvalue weighted by Crippen LogP contribution is -2.23. The molecule has 0 fully saturated rings. The van der Waals surface area contributed by atoms with E-state index in [2.05, 4.69) is 15.4 Å². The first-order valence-electron chi connectivity index (χ1n) is 5.39. The number of rotatable bonds is 3. The summed E-state index contributed by atoms with van der Waals surface area (Å²) in [6.45, 7) is 1.79. The summed E-state index contributed by atoms with van der Waals surface area (Å²) in [5.41, 5.74) is 0.469. The third kappa shape index (κ3) is 2.67. The first-order chi connectivity index (χ1) is 9.20. The highest BCUT2D eigenvalue weighted by Crippen LogP contribution is 2.21. The minimum atomic E-state index is -4.97. The van der Waals surface area contributed by atoms with Crippen LogP contribution in [0.1, 0.15) is 21.7 Å². The maximum atomic E-state index is 12.2. The van der Waals surface area contributed by atoms with Crippen LogP contribution in [-0.4, -0.2) is 36.7 Å². The number of aryl methyl sites for hydroxylation is 2. The van der Waals surface area contributed by atoms with Crippen LogP contribution < -0.4 is 0 Å². The van der Waals surface area contributed by atoms with Gasteiger partial charge in [-0.3, -0.25) is 9.48 Å². The van der Waals surface area contributed by atoms with Crippen molar-refractivity contribution in [2.75, 3.05) is 0 Å². The van der Waals surface area contributed by atoms with Crippen molar-refractivity contribution in [3.8, 4) is 0 Å². The number of carbonyl (C=O) groups is 1. The number of carbonyl (C=O) groups excluding carboxylic acids is 1. The monoisotopic (exact) mass is 307 g/mol. The van der Waals surface area contributed by atoms with Crippen LogP contribution >= 0.6 is 11.6 Å². The van der Waals surface area contributed by atoms with Crippen LogP contribution in [0.15, 0.2) is 6.20 Å². The molecule has 0 N–H and O–H groups in total. The molecule has 0 unspecified atom stereocenters. The number of ketones is 1. The van der Waals surface area contributed by atoms with E-state index in [4.69, 9.17) is 11.6 Å². The molecule has 0 aliphatic heterocycles. The average Bonchev–Trinajstić information content (AvgIpc) is 2.88. The van der Waals surface area contributed by atoms with Gasteiger partial charge in [0.1, 0.15) is 5.15 Å². The topological polar surface area (TPSA) is 65.6 Å². The molecule has 0 spiro atoms. The molecule has 108 valence electrons. The number of hydrogen-bond donors (Lipinski definition) is 0. The van der Waals surface area contributed by atoms with Gasteiger partial charge in [0.25, 0.3) is 5.78 Å². The number of alkyl halides is 3. The second-order valence-electron chi connectivity index (χ2n) is 4.11. The van der Waals surface area contributed by atoms with E-state index in [-0.39, 0.29) is 6.54 Å². The molecule has 2 aromatic heterocycles. The Kier molecular flexibility index (Phi) is 3.55. The standard InChI is InChI=1S/C10H9ClF3N5O/c1-5-6(9(11)18(2)16-5)3-19-4-7(15-17-19)8(20)10(12,13)14/h4H,3H2,1-2H3. The van der Waals surface area contributed by atoms with Crippen LogP contribution in [0, 0.1) is 6.92 Å². The lowest BCUT2D eigenvalue weighted by atomic mass is 10.2.